The zero-order chi connectivity index (χ0) is 28.8. The van der Waals surface area contributed by atoms with Crippen molar-refractivity contribution in [1.82, 2.24) is 0 Å². The fourth-order valence-corrected chi connectivity index (χ4v) is 4.67. The van der Waals surface area contributed by atoms with Gasteiger partial charge in [0.1, 0.15) is 9.79 Å². The zero-order valence-electron chi connectivity index (χ0n) is 17.0. The molecule has 0 atom stereocenters. The van der Waals surface area contributed by atoms with Crippen molar-refractivity contribution in [2.45, 2.75) is 34.5 Å². The van der Waals surface area contributed by atoms with Crippen LogP contribution in [0.1, 0.15) is 22.3 Å². The molecule has 0 spiro atoms. The van der Waals surface area contributed by atoms with E-state index in [-0.39, 0.29) is 24.3 Å². The summed E-state index contributed by atoms with van der Waals surface area (Å²) in [6.45, 7) is -2.26. The van der Waals surface area contributed by atoms with E-state index in [4.69, 9.17) is 0 Å². The Balaban J connectivity index is 2.46. The Labute approximate surface area is 198 Å². The molecule has 2 rings (SSSR count). The van der Waals surface area contributed by atoms with Crippen molar-refractivity contribution in [2.24, 2.45) is 0 Å². The van der Waals surface area contributed by atoms with Crippen molar-refractivity contribution in [3.63, 3.8) is 0 Å². The van der Waals surface area contributed by atoms with E-state index in [9.17, 15) is 69.5 Å². The van der Waals surface area contributed by atoms with Crippen LogP contribution in [0.3, 0.4) is 0 Å². The molecule has 2 aromatic carbocycles. The Bertz CT molecular complexity index is 1270. The van der Waals surface area contributed by atoms with Crippen molar-refractivity contribution in [3.8, 4) is 0 Å². The Morgan fingerprint density at radius 1 is 0.514 bits per heavy atom. The minimum absolute atomic E-state index is 0.130. The number of halogens is 12. The van der Waals surface area contributed by atoms with Gasteiger partial charge in [-0.3, -0.25) is 0 Å². The van der Waals surface area contributed by atoms with Crippen LogP contribution in [0.4, 0.5) is 52.7 Å². The third-order valence-electron chi connectivity index (χ3n) is 4.17. The van der Waals surface area contributed by atoms with E-state index < -0.39 is 95.9 Å². The highest BCUT2D eigenvalue weighted by atomic mass is 32.2. The lowest BCUT2D eigenvalue weighted by molar-refractivity contribution is -0.143. The molecule has 208 valence electrons. The first-order valence-electron chi connectivity index (χ1n) is 8.73. The minimum atomic E-state index is -5.94. The van der Waals surface area contributed by atoms with Crippen LogP contribution >= 0.6 is 0 Å². The molecule has 0 fully saturated rings. The Hall–Kier alpha value is -2.58. The fraction of sp³-hybridized carbons (Fsp3) is 0.294. The maximum Gasteiger partial charge on any atom is 0.417 e. The van der Waals surface area contributed by atoms with Crippen molar-refractivity contribution in [1.29, 1.82) is 0 Å². The normalized spacial score (nSPS) is 14.2. The van der Waals surface area contributed by atoms with E-state index in [0.29, 0.717) is 0 Å². The van der Waals surface area contributed by atoms with Gasteiger partial charge in [0, 0.05) is 0 Å². The molecule has 0 heterocycles. The van der Waals surface area contributed by atoms with E-state index in [2.05, 4.69) is 8.37 Å². The van der Waals surface area contributed by atoms with Gasteiger partial charge >= 0.3 is 24.7 Å². The lowest BCUT2D eigenvalue weighted by atomic mass is 10.1. The summed E-state index contributed by atoms with van der Waals surface area (Å²) < 4.78 is 212. The summed E-state index contributed by atoms with van der Waals surface area (Å²) in [7, 11) is -11.9. The summed E-state index contributed by atoms with van der Waals surface area (Å²) in [5, 5.41) is 0. The van der Waals surface area contributed by atoms with Gasteiger partial charge in [0.15, 0.2) is 6.79 Å². The largest absolute Gasteiger partial charge is 0.417 e. The quantitative estimate of drug-likeness (QED) is 0.236. The molecule has 20 heteroatoms. The topological polar surface area (TPSA) is 86.7 Å². The lowest BCUT2D eigenvalue weighted by Crippen LogP contribution is -2.21. The average Bonchev–Trinajstić information content (AvgIpc) is 2.70. The standard InChI is InChI=1S/C17H8F12O6S2/c18-14(19,20)8-1-3-10(16(24,25)26)12(5-8)36(30,31)34-7-35-37(32,33)13-6-9(15(21,22)23)2-4-11(13)17(27,28)29/h1-6H,7H2. The summed E-state index contributed by atoms with van der Waals surface area (Å²) in [5.74, 6) is 0. The molecule has 6 nitrogen and oxygen atoms in total. The summed E-state index contributed by atoms with van der Waals surface area (Å²) in [6.07, 6.45) is -21.9. The molecule has 0 aliphatic rings. The number of rotatable bonds is 6. The first-order chi connectivity index (χ1) is 16.4. The molecule has 37 heavy (non-hydrogen) atoms. The number of hydrogen-bond donors (Lipinski definition) is 0. The lowest BCUT2D eigenvalue weighted by Gasteiger charge is -2.17. The molecule has 0 aromatic heterocycles. The second-order valence-corrected chi connectivity index (χ2v) is 9.84. The monoisotopic (exact) mass is 600 g/mol. The average molecular weight is 600 g/mol. The summed E-state index contributed by atoms with van der Waals surface area (Å²) in [6, 6.07) is -1.85. The first-order valence-corrected chi connectivity index (χ1v) is 11.5. The predicted molar refractivity (Wildman–Crippen MR) is 94.3 cm³/mol. The van der Waals surface area contributed by atoms with Gasteiger partial charge in [0.25, 0.3) is 20.2 Å². The maximum absolute atomic E-state index is 13.1. The molecule has 0 N–H and O–H groups in total. The molecule has 0 radical (unpaired) electrons. The van der Waals surface area contributed by atoms with Crippen LogP contribution in [0.15, 0.2) is 46.2 Å². The van der Waals surface area contributed by atoms with Crippen molar-refractivity contribution < 1.29 is 77.9 Å². The van der Waals surface area contributed by atoms with Crippen molar-refractivity contribution in [3.05, 3.63) is 58.7 Å². The molecule has 0 aliphatic heterocycles. The predicted octanol–water partition coefficient (Wildman–Crippen LogP) is 5.83. The van der Waals surface area contributed by atoms with Crippen LogP contribution in [-0.4, -0.2) is 23.6 Å². The molecule has 0 saturated heterocycles. The molecule has 0 saturated carbocycles. The minimum Gasteiger partial charge on any atom is -0.236 e. The van der Waals surface area contributed by atoms with Gasteiger partial charge in [-0.2, -0.15) is 69.5 Å². The van der Waals surface area contributed by atoms with Gasteiger partial charge < -0.3 is 0 Å². The summed E-state index contributed by atoms with van der Waals surface area (Å²) in [4.78, 5) is -4.32. The van der Waals surface area contributed by atoms with Gasteiger partial charge in [-0.25, -0.2) is 8.37 Å². The SMILES string of the molecule is O=S(=O)(OCOS(=O)(=O)c1cc(C(F)(F)F)ccc1C(F)(F)F)c1cc(C(F)(F)F)ccc1C(F)(F)F. The molecule has 0 amide bonds. The van der Waals surface area contributed by atoms with Crippen molar-refractivity contribution >= 4 is 20.2 Å². The van der Waals surface area contributed by atoms with Crippen LogP contribution in [0, 0.1) is 0 Å². The van der Waals surface area contributed by atoms with Crippen LogP contribution in [-0.2, 0) is 53.3 Å². The van der Waals surface area contributed by atoms with Gasteiger partial charge in [0.05, 0.1) is 22.3 Å². The molecular weight excluding hydrogens is 592 g/mol. The zero-order valence-corrected chi connectivity index (χ0v) is 18.6. The Kier molecular flexibility index (Phi) is 7.97. The number of alkyl halides is 12. The van der Waals surface area contributed by atoms with Crippen LogP contribution < -0.4 is 0 Å². The third-order valence-corrected chi connectivity index (χ3v) is 6.74. The maximum atomic E-state index is 13.1. The first kappa shape index (κ1) is 30.6. The highest BCUT2D eigenvalue weighted by Gasteiger charge is 2.42. The van der Waals surface area contributed by atoms with Crippen LogP contribution in [0.25, 0.3) is 0 Å². The summed E-state index contributed by atoms with van der Waals surface area (Å²) >= 11 is 0. The number of benzene rings is 2. The van der Waals surface area contributed by atoms with Crippen molar-refractivity contribution in [2.75, 3.05) is 6.79 Å². The summed E-state index contributed by atoms with van der Waals surface area (Å²) in [5.41, 5.74) is -8.20. The van der Waals surface area contributed by atoms with Gasteiger partial charge in [-0.05, 0) is 36.4 Å². The third kappa shape index (κ3) is 7.26. The van der Waals surface area contributed by atoms with Gasteiger partial charge in [-0.1, -0.05) is 0 Å². The van der Waals surface area contributed by atoms with E-state index in [1.165, 1.54) is 0 Å². The second kappa shape index (κ2) is 9.62. The fourth-order valence-electron chi connectivity index (χ4n) is 2.55. The molecule has 0 bridgehead atoms. The smallest absolute Gasteiger partial charge is 0.236 e. The molecule has 0 unspecified atom stereocenters. The number of hydrogen-bond acceptors (Lipinski definition) is 6. The van der Waals surface area contributed by atoms with Gasteiger partial charge in [0.2, 0.25) is 0 Å². The molecular formula is C17H8F12O6S2. The Morgan fingerprint density at radius 3 is 1.05 bits per heavy atom. The van der Waals surface area contributed by atoms with E-state index in [1.54, 1.807) is 0 Å². The molecule has 2 aromatic rings. The van der Waals surface area contributed by atoms with Gasteiger partial charge in [-0.15, -0.1) is 0 Å². The highest BCUT2D eigenvalue weighted by molar-refractivity contribution is 7.87. The molecule has 0 aliphatic carbocycles. The Morgan fingerprint density at radius 2 is 0.811 bits per heavy atom. The van der Waals surface area contributed by atoms with E-state index in [0.717, 1.165) is 0 Å². The van der Waals surface area contributed by atoms with E-state index >= 15 is 0 Å². The van der Waals surface area contributed by atoms with Crippen LogP contribution in [0.2, 0.25) is 0 Å². The van der Waals surface area contributed by atoms with Crippen LogP contribution in [0.5, 0.6) is 0 Å². The second-order valence-electron chi connectivity index (χ2n) is 6.67. The van der Waals surface area contributed by atoms with E-state index in [1.807, 2.05) is 0 Å². The highest BCUT2D eigenvalue weighted by Crippen LogP contribution is 2.40.